The van der Waals surface area contributed by atoms with Gasteiger partial charge in [0.1, 0.15) is 42.0 Å². The maximum Gasteiger partial charge on any atom is 0.353 e. The van der Waals surface area contributed by atoms with Crippen LogP contribution in [0.15, 0.2) is 114 Å². The first kappa shape index (κ1) is 90.6. The third-order valence-electron chi connectivity index (χ3n) is 18.6. The van der Waals surface area contributed by atoms with E-state index in [1.54, 1.807) is 62.8 Å². The Hall–Kier alpha value is -13.0. The van der Waals surface area contributed by atoms with Crippen molar-refractivity contribution >= 4 is 122 Å². The van der Waals surface area contributed by atoms with Crippen LogP contribution in [0.2, 0.25) is 0 Å². The van der Waals surface area contributed by atoms with Gasteiger partial charge in [0.05, 0.1) is 16.3 Å². The molecule has 0 atom stereocenters. The molecule has 32 heteroatoms. The van der Waals surface area contributed by atoms with E-state index in [-0.39, 0.29) is 56.7 Å². The quantitative estimate of drug-likeness (QED) is 0.0198. The number of hydrogen-bond acceptors (Lipinski definition) is 27. The molecule has 1 fully saturated rings. The average Bonchev–Trinajstić information content (AvgIpc) is 0.927. The third kappa shape index (κ3) is 25.8. The number of nitro groups is 1. The van der Waals surface area contributed by atoms with Gasteiger partial charge in [-0.05, 0) is 127 Å². The minimum absolute atomic E-state index is 0.0253. The molecule has 32 nitrogen and oxygen atoms in total. The number of hydrogen-bond donors (Lipinski definition) is 10. The molecule has 1 saturated carbocycles. The molecule has 6 heterocycles. The van der Waals surface area contributed by atoms with Gasteiger partial charge >= 0.3 is 5.69 Å². The number of nitrogen functional groups attached to an aromatic ring is 1. The van der Waals surface area contributed by atoms with Crippen LogP contribution in [-0.2, 0) is 4.79 Å². The van der Waals surface area contributed by atoms with Crippen molar-refractivity contribution in [3.8, 4) is 17.5 Å². The van der Waals surface area contributed by atoms with Crippen LogP contribution < -0.4 is 67.9 Å². The molecule has 4 aromatic carbocycles. The number of pyridine rings is 1. The average molecular weight is 1610 g/mol. The lowest BCUT2D eigenvalue weighted by atomic mass is 9.96. The van der Waals surface area contributed by atoms with Gasteiger partial charge in [-0.1, -0.05) is 132 Å². The van der Waals surface area contributed by atoms with Crippen LogP contribution in [-0.4, -0.2) is 159 Å². The van der Waals surface area contributed by atoms with E-state index in [1.165, 1.54) is 32.4 Å². The van der Waals surface area contributed by atoms with Crippen molar-refractivity contribution in [3.63, 3.8) is 0 Å². The Morgan fingerprint density at radius 1 is 0.576 bits per heavy atom. The van der Waals surface area contributed by atoms with Gasteiger partial charge in [0, 0.05) is 145 Å². The lowest BCUT2D eigenvalue weighted by Gasteiger charge is -2.30. The summed E-state index contributed by atoms with van der Waals surface area (Å²) < 4.78 is 0. The summed E-state index contributed by atoms with van der Waals surface area (Å²) in [6.45, 7) is 38.0. The summed E-state index contributed by atoms with van der Waals surface area (Å²) in [5, 5.41) is 61.5. The van der Waals surface area contributed by atoms with Crippen molar-refractivity contribution in [1.82, 2.24) is 60.7 Å². The number of amides is 3. The highest BCUT2D eigenvalue weighted by Crippen LogP contribution is 2.40. The van der Waals surface area contributed by atoms with E-state index in [9.17, 15) is 29.8 Å². The fraction of sp³-hybridized carbons (Fsp3) is 0.430. The van der Waals surface area contributed by atoms with Crippen LogP contribution in [0.3, 0.4) is 0 Å². The monoisotopic (exact) mass is 1610 g/mol. The molecule has 3 amide bonds. The zero-order valence-corrected chi connectivity index (χ0v) is 72.6. The number of nitriles is 1. The lowest BCUT2D eigenvalue weighted by molar-refractivity contribution is -0.383. The molecule has 0 saturated heterocycles. The molecule has 0 unspecified atom stereocenters. The van der Waals surface area contributed by atoms with Gasteiger partial charge in [0.25, 0.3) is 11.8 Å². The highest BCUT2D eigenvalue weighted by molar-refractivity contribution is 6.10. The number of nitrogens with zero attached hydrogens (tertiary/aromatic N) is 17. The smallest absolute Gasteiger partial charge is 0.353 e. The SMILES string of the molecule is CNC(=O)c1ccc(C)c(Nc2nc(NC3CCCC3)nc(N(C)CC(C)(C)C)c2C#N)c1.CNC(=O)c1ccc(C)c(Nc2nccc(N(C)CC(C)(C)C)c2NC(C)=O)c1.Cc1ccc(-c2ncn[nH]2)cc1Nc1ncnc(N(C)CC(C)(C)C)c1[N+](=O)[O-].Cc1ccc(C2=NN=CC2)cc1Nc1ncnc(N(C)CC(C)(C)C)c1N. The largest absolute Gasteiger partial charge is 0.393 e. The molecule has 0 radical (unpaired) electrons. The number of nitrogens with one attached hydrogen (secondary N) is 9. The fourth-order valence-electron chi connectivity index (χ4n) is 13.5. The van der Waals surface area contributed by atoms with E-state index in [4.69, 9.17) is 15.7 Å². The number of nitrogens with two attached hydrogens (primary N) is 1. The summed E-state index contributed by atoms with van der Waals surface area (Å²) in [6.07, 6.45) is 13.1. The number of H-pyrrole nitrogens is 1. The highest BCUT2D eigenvalue weighted by Gasteiger charge is 2.30. The number of rotatable bonds is 24. The van der Waals surface area contributed by atoms with Crippen molar-refractivity contribution < 1.29 is 19.3 Å². The van der Waals surface area contributed by atoms with Gasteiger partial charge in [0.2, 0.25) is 23.5 Å². The van der Waals surface area contributed by atoms with Crippen LogP contribution in [0.5, 0.6) is 0 Å². The second-order valence-corrected chi connectivity index (χ2v) is 34.5. The first-order valence-electron chi connectivity index (χ1n) is 39.2. The first-order chi connectivity index (χ1) is 55.5. The summed E-state index contributed by atoms with van der Waals surface area (Å²) in [4.78, 5) is 90.5. The van der Waals surface area contributed by atoms with Crippen molar-refractivity contribution in [3.05, 3.63) is 159 Å². The Labute approximate surface area is 693 Å². The van der Waals surface area contributed by atoms with Crippen LogP contribution >= 0.6 is 0 Å². The van der Waals surface area contributed by atoms with Gasteiger partial charge in [-0.25, -0.2) is 29.9 Å². The summed E-state index contributed by atoms with van der Waals surface area (Å²) in [7, 11) is 10.9. The third-order valence-corrected chi connectivity index (χ3v) is 18.6. The summed E-state index contributed by atoms with van der Waals surface area (Å²) >= 11 is 0. The molecule has 1 aliphatic heterocycles. The molecule has 0 spiro atoms. The zero-order chi connectivity index (χ0) is 86.7. The highest BCUT2D eigenvalue weighted by atomic mass is 16.6. The van der Waals surface area contributed by atoms with Gasteiger partial charge < -0.3 is 67.9 Å². The van der Waals surface area contributed by atoms with Crippen molar-refractivity contribution in [2.45, 2.75) is 156 Å². The summed E-state index contributed by atoms with van der Waals surface area (Å²) in [6, 6.07) is 27.2. The molecular formula is C86H117N27O5. The molecule has 626 valence electrons. The van der Waals surface area contributed by atoms with Gasteiger partial charge in [-0.2, -0.15) is 30.5 Å². The maximum atomic E-state index is 12.1. The van der Waals surface area contributed by atoms with Crippen LogP contribution in [0.1, 0.15) is 176 Å². The van der Waals surface area contributed by atoms with Gasteiger partial charge in [-0.3, -0.25) is 29.6 Å². The predicted octanol–water partition coefficient (Wildman–Crippen LogP) is 16.0. The number of aryl methyl sites for hydroxylation is 4. The minimum atomic E-state index is -0.452. The molecule has 11 N–H and O–H groups in total. The van der Waals surface area contributed by atoms with Crippen molar-refractivity contribution in [1.29, 1.82) is 5.26 Å². The second kappa shape index (κ2) is 39.6. The number of carbonyl (C=O) groups excluding carboxylic acids is 3. The Morgan fingerprint density at radius 3 is 1.55 bits per heavy atom. The molecule has 11 rings (SSSR count). The molecule has 9 aromatic rings. The Bertz CT molecular complexity index is 5120. The van der Waals surface area contributed by atoms with Gasteiger partial charge in [0.15, 0.2) is 34.9 Å². The molecule has 5 aromatic heterocycles. The number of aromatic amines is 1. The normalized spacial score (nSPS) is 12.5. The Balaban J connectivity index is 0.000000197. The number of carbonyl (C=O) groups is 3. The second-order valence-electron chi connectivity index (χ2n) is 34.5. The Kier molecular flexibility index (Phi) is 30.4. The van der Waals surface area contributed by atoms with Crippen molar-refractivity contribution in [2.24, 2.45) is 31.9 Å². The number of benzene rings is 4. The molecule has 118 heavy (non-hydrogen) atoms. The number of anilines is 15. The van der Waals surface area contributed by atoms with Crippen LogP contribution in [0.25, 0.3) is 11.4 Å². The molecule has 2 aliphatic rings. The fourth-order valence-corrected chi connectivity index (χ4v) is 13.5. The van der Waals surface area contributed by atoms with Crippen LogP contribution in [0.4, 0.5) is 92.2 Å². The molecule has 1 aliphatic carbocycles. The van der Waals surface area contributed by atoms with Gasteiger partial charge in [-0.15, -0.1) is 0 Å². The topological polar surface area (TPSA) is 410 Å². The van der Waals surface area contributed by atoms with Crippen molar-refractivity contribution in [2.75, 3.05) is 126 Å². The summed E-state index contributed by atoms with van der Waals surface area (Å²) in [5.74, 6) is 3.89. The van der Waals surface area contributed by atoms with E-state index in [0.29, 0.717) is 81.4 Å². The van der Waals surface area contributed by atoms with E-state index < -0.39 is 4.92 Å². The maximum absolute atomic E-state index is 12.1. The van der Waals surface area contributed by atoms with E-state index in [2.05, 4.69) is 210 Å². The minimum Gasteiger partial charge on any atom is -0.393 e. The molecule has 0 bridgehead atoms. The van der Waals surface area contributed by atoms with E-state index in [0.717, 1.165) is 107 Å². The molecular weight excluding hydrogens is 1490 g/mol. The standard InChI is InChI=1S/C25H35N7O.C22H31N5O2.C20H27N7.C19H24N8O2/c1-16-11-12-17(23(33)27-5)13-20(16)29-21-19(14-26)22(32(6)15-25(2,3)4)31-24(30-21)28-18-9-7-8-10-18;1-14-8-9-16(21(29)23-6)12-17(14)26-20-19(25-15(2)28)18(10-11-24-20)27(7)13-22(3,4)5;1-13-6-7-14(15-8-9-24-26-15)10-16(13)25-18-17(21)19(23-12-22-18)27(5)11-20(2,3)4;1-12-6-7-13(16-21-11-23-25-16)8-14(12)24-17-15(27(28)29)18(22-10-20-17)26(5)9-19(2,3)4/h11-13,18H,7-10,15H2,1-6H3,(H,27,33)(H2,28,29,30,31);8-12H,13H2,1-7H3,(H,23,29)(H,24,26)(H,25,28);6-7,9-10,12H,8,11,21H2,1-5H3,(H,22,23,25);6-8,10-11H,9H2,1-5H3,(H,20,22,24)(H,21,23,25). The van der Waals surface area contributed by atoms with E-state index in [1.807, 2.05) is 96.4 Å². The predicted molar refractivity (Wildman–Crippen MR) is 477 cm³/mol. The zero-order valence-electron chi connectivity index (χ0n) is 72.6. The summed E-state index contributed by atoms with van der Waals surface area (Å²) in [5.41, 5.74) is 19.7. The lowest BCUT2D eigenvalue weighted by Crippen LogP contribution is -2.31. The first-order valence-corrected chi connectivity index (χ1v) is 39.2. The Morgan fingerprint density at radius 2 is 1.05 bits per heavy atom. The number of aromatic nitrogens is 10. The van der Waals surface area contributed by atoms with Crippen LogP contribution in [0, 0.1) is 70.8 Å². The van der Waals surface area contributed by atoms with E-state index >= 15 is 0 Å².